The van der Waals surface area contributed by atoms with Crippen molar-refractivity contribution < 1.29 is 5.11 Å². The van der Waals surface area contributed by atoms with Crippen LogP contribution in [0, 0.1) is 5.92 Å². The first-order valence-corrected chi connectivity index (χ1v) is 6.25. The second kappa shape index (κ2) is 6.46. The fourth-order valence-corrected chi connectivity index (χ4v) is 2.60. The number of likely N-dealkylation sites (tertiary alicyclic amines) is 1. The molecule has 1 rings (SSSR count). The first-order valence-electron chi connectivity index (χ1n) is 6.25. The zero-order valence-corrected chi connectivity index (χ0v) is 10.4. The summed E-state index contributed by atoms with van der Waals surface area (Å²) in [5, 5.41) is 13.2. The molecule has 15 heavy (non-hydrogen) atoms. The molecule has 0 saturated carbocycles. The molecule has 0 aliphatic carbocycles. The highest BCUT2D eigenvalue weighted by Gasteiger charge is 2.25. The number of likely N-dealkylation sites (N-methyl/N-ethyl adjacent to an activating group) is 2. The Labute approximate surface area is 93.9 Å². The highest BCUT2D eigenvalue weighted by atomic mass is 16.3. The van der Waals surface area contributed by atoms with Crippen molar-refractivity contribution in [2.24, 2.45) is 5.92 Å². The minimum absolute atomic E-state index is 0.108. The van der Waals surface area contributed by atoms with Crippen molar-refractivity contribution in [3.05, 3.63) is 0 Å². The van der Waals surface area contributed by atoms with Crippen molar-refractivity contribution in [2.75, 3.05) is 26.7 Å². The summed E-state index contributed by atoms with van der Waals surface area (Å²) in [4.78, 5) is 2.38. The highest BCUT2D eigenvalue weighted by Crippen LogP contribution is 2.21. The van der Waals surface area contributed by atoms with Gasteiger partial charge in [0.15, 0.2) is 0 Å². The first-order chi connectivity index (χ1) is 7.15. The summed E-state index contributed by atoms with van der Waals surface area (Å²) in [6.45, 7) is 7.54. The SMILES string of the molecule is CCNC1CC(CC(O)CC)CN(C)C1. The quantitative estimate of drug-likeness (QED) is 0.719. The lowest BCUT2D eigenvalue weighted by Crippen LogP contribution is -2.48. The van der Waals surface area contributed by atoms with Gasteiger partial charge in [-0.25, -0.2) is 0 Å². The van der Waals surface area contributed by atoms with E-state index in [1.165, 1.54) is 6.42 Å². The Balaban J connectivity index is 2.37. The van der Waals surface area contributed by atoms with Crippen LogP contribution in [0.2, 0.25) is 0 Å². The Morgan fingerprint density at radius 3 is 2.73 bits per heavy atom. The molecule has 2 N–H and O–H groups in total. The predicted molar refractivity (Wildman–Crippen MR) is 64.0 cm³/mol. The normalized spacial score (nSPS) is 30.4. The minimum Gasteiger partial charge on any atom is -0.393 e. The molecular weight excluding hydrogens is 188 g/mol. The van der Waals surface area contributed by atoms with Gasteiger partial charge in [-0.1, -0.05) is 13.8 Å². The summed E-state index contributed by atoms with van der Waals surface area (Å²) in [7, 11) is 2.18. The standard InChI is InChI=1S/C12H26N2O/c1-4-12(15)7-10-6-11(13-5-2)9-14(3)8-10/h10-13,15H,4-9H2,1-3H3. The molecule has 3 atom stereocenters. The molecule has 0 radical (unpaired) electrons. The Morgan fingerprint density at radius 2 is 2.13 bits per heavy atom. The molecule has 1 aliphatic rings. The van der Waals surface area contributed by atoms with Gasteiger partial charge in [0.25, 0.3) is 0 Å². The fourth-order valence-electron chi connectivity index (χ4n) is 2.60. The average molecular weight is 214 g/mol. The Kier molecular flexibility index (Phi) is 5.58. The van der Waals surface area contributed by atoms with Gasteiger partial charge in [0, 0.05) is 19.1 Å². The van der Waals surface area contributed by atoms with Crippen LogP contribution < -0.4 is 5.32 Å². The van der Waals surface area contributed by atoms with Crippen molar-refractivity contribution in [2.45, 2.75) is 45.3 Å². The van der Waals surface area contributed by atoms with Crippen LogP contribution in [0.5, 0.6) is 0 Å². The lowest BCUT2D eigenvalue weighted by Gasteiger charge is -2.36. The van der Waals surface area contributed by atoms with Gasteiger partial charge in [-0.15, -0.1) is 0 Å². The number of aliphatic hydroxyl groups excluding tert-OH is 1. The third-order valence-corrected chi connectivity index (χ3v) is 3.29. The molecule has 1 fully saturated rings. The van der Waals surface area contributed by atoms with E-state index >= 15 is 0 Å². The van der Waals surface area contributed by atoms with Crippen molar-refractivity contribution >= 4 is 0 Å². The number of piperidine rings is 1. The van der Waals surface area contributed by atoms with E-state index in [9.17, 15) is 5.11 Å². The summed E-state index contributed by atoms with van der Waals surface area (Å²) in [5.74, 6) is 0.655. The van der Waals surface area contributed by atoms with Gasteiger partial charge in [-0.05, 0) is 38.8 Å². The van der Waals surface area contributed by atoms with Crippen LogP contribution in [0.1, 0.15) is 33.1 Å². The van der Waals surface area contributed by atoms with Crippen LogP contribution >= 0.6 is 0 Å². The zero-order valence-electron chi connectivity index (χ0n) is 10.4. The number of nitrogens with one attached hydrogen (secondary N) is 1. The second-order valence-corrected chi connectivity index (χ2v) is 4.88. The van der Waals surface area contributed by atoms with Gasteiger partial charge in [-0.3, -0.25) is 0 Å². The van der Waals surface area contributed by atoms with E-state index in [1.54, 1.807) is 0 Å². The van der Waals surface area contributed by atoms with Crippen LogP contribution in [0.3, 0.4) is 0 Å². The molecule has 0 aromatic rings. The summed E-state index contributed by atoms with van der Waals surface area (Å²) in [6.07, 6.45) is 2.95. The maximum absolute atomic E-state index is 9.67. The number of hydrogen-bond acceptors (Lipinski definition) is 3. The van der Waals surface area contributed by atoms with E-state index in [0.717, 1.165) is 32.5 Å². The number of hydrogen-bond donors (Lipinski definition) is 2. The molecule has 0 spiro atoms. The topological polar surface area (TPSA) is 35.5 Å². The van der Waals surface area contributed by atoms with Gasteiger partial charge >= 0.3 is 0 Å². The molecule has 0 bridgehead atoms. The molecular formula is C12H26N2O. The highest BCUT2D eigenvalue weighted by molar-refractivity contribution is 4.82. The fraction of sp³-hybridized carbons (Fsp3) is 1.00. The molecule has 0 amide bonds. The maximum atomic E-state index is 9.67. The van der Waals surface area contributed by atoms with E-state index in [0.29, 0.717) is 12.0 Å². The van der Waals surface area contributed by atoms with E-state index in [2.05, 4.69) is 31.1 Å². The largest absolute Gasteiger partial charge is 0.393 e. The Hall–Kier alpha value is -0.120. The van der Waals surface area contributed by atoms with Crippen LogP contribution in [0.4, 0.5) is 0 Å². The van der Waals surface area contributed by atoms with Crippen LogP contribution in [-0.4, -0.2) is 48.8 Å². The van der Waals surface area contributed by atoms with Gasteiger partial charge in [0.2, 0.25) is 0 Å². The van der Waals surface area contributed by atoms with Crippen LogP contribution in [-0.2, 0) is 0 Å². The second-order valence-electron chi connectivity index (χ2n) is 4.88. The summed E-state index contributed by atoms with van der Waals surface area (Å²) < 4.78 is 0. The predicted octanol–water partition coefficient (Wildman–Crippen LogP) is 1.08. The summed E-state index contributed by atoms with van der Waals surface area (Å²) >= 11 is 0. The van der Waals surface area contributed by atoms with Crippen molar-refractivity contribution in [1.29, 1.82) is 0 Å². The van der Waals surface area contributed by atoms with Crippen LogP contribution in [0.15, 0.2) is 0 Å². The molecule has 1 aliphatic heterocycles. The summed E-state index contributed by atoms with van der Waals surface area (Å²) in [6, 6.07) is 0.614. The number of aliphatic hydroxyl groups is 1. The van der Waals surface area contributed by atoms with E-state index in [1.807, 2.05) is 0 Å². The van der Waals surface area contributed by atoms with Gasteiger partial charge < -0.3 is 15.3 Å². The zero-order chi connectivity index (χ0) is 11.3. The van der Waals surface area contributed by atoms with Crippen molar-refractivity contribution in [3.63, 3.8) is 0 Å². The minimum atomic E-state index is -0.108. The molecule has 0 aromatic heterocycles. The third-order valence-electron chi connectivity index (χ3n) is 3.29. The number of nitrogens with zero attached hydrogens (tertiary/aromatic N) is 1. The molecule has 1 saturated heterocycles. The molecule has 0 aromatic carbocycles. The number of rotatable bonds is 5. The van der Waals surface area contributed by atoms with Gasteiger partial charge in [-0.2, -0.15) is 0 Å². The molecule has 90 valence electrons. The van der Waals surface area contributed by atoms with E-state index in [-0.39, 0.29) is 6.10 Å². The molecule has 3 nitrogen and oxygen atoms in total. The lowest BCUT2D eigenvalue weighted by molar-refractivity contribution is 0.0950. The molecule has 3 heteroatoms. The van der Waals surface area contributed by atoms with Crippen LogP contribution in [0.25, 0.3) is 0 Å². The molecule has 3 unspecified atom stereocenters. The monoisotopic (exact) mass is 214 g/mol. The Bertz CT molecular complexity index is 175. The average Bonchev–Trinajstić information content (AvgIpc) is 2.17. The van der Waals surface area contributed by atoms with E-state index in [4.69, 9.17) is 0 Å². The van der Waals surface area contributed by atoms with Crippen molar-refractivity contribution in [1.82, 2.24) is 10.2 Å². The summed E-state index contributed by atoms with van der Waals surface area (Å²) in [5.41, 5.74) is 0. The maximum Gasteiger partial charge on any atom is 0.0540 e. The van der Waals surface area contributed by atoms with Crippen molar-refractivity contribution in [3.8, 4) is 0 Å². The molecule has 1 heterocycles. The van der Waals surface area contributed by atoms with E-state index < -0.39 is 0 Å². The lowest BCUT2D eigenvalue weighted by atomic mass is 9.89. The Morgan fingerprint density at radius 1 is 1.40 bits per heavy atom. The first kappa shape index (κ1) is 12.9. The third kappa shape index (κ3) is 4.49. The van der Waals surface area contributed by atoms with Gasteiger partial charge in [0.1, 0.15) is 0 Å². The smallest absolute Gasteiger partial charge is 0.0540 e. The van der Waals surface area contributed by atoms with Gasteiger partial charge in [0.05, 0.1) is 6.10 Å².